The Morgan fingerprint density at radius 2 is 2.17 bits per heavy atom. The topological polar surface area (TPSA) is 37.8 Å². The molecule has 2 aromatic rings. The quantitative estimate of drug-likeness (QED) is 0.859. The fourth-order valence-electron chi connectivity index (χ4n) is 1.63. The average Bonchev–Trinajstić information content (AvgIpc) is 2.34. The highest BCUT2D eigenvalue weighted by atomic mass is 35.5. The largest absolute Gasteiger partial charge is 0.363 e. The first-order chi connectivity index (χ1) is 8.56. The fourth-order valence-corrected chi connectivity index (χ4v) is 1.76. The Balaban J connectivity index is 2.21. The predicted octanol–water partition coefficient (Wildman–Crippen LogP) is 3.75. The van der Waals surface area contributed by atoms with Gasteiger partial charge in [-0.2, -0.15) is 0 Å². The van der Waals surface area contributed by atoms with Gasteiger partial charge in [0.25, 0.3) is 0 Å². The summed E-state index contributed by atoms with van der Waals surface area (Å²) in [5.41, 5.74) is 1.74. The number of hydrogen-bond acceptors (Lipinski definition) is 3. The van der Waals surface area contributed by atoms with E-state index in [0.29, 0.717) is 5.82 Å². The fraction of sp³-hybridized carbons (Fsp3) is 0.231. The maximum Gasteiger partial charge on any atom is 0.224 e. The number of halogens is 2. The van der Waals surface area contributed by atoms with Gasteiger partial charge in [0, 0.05) is 11.8 Å². The van der Waals surface area contributed by atoms with E-state index in [-0.39, 0.29) is 17.1 Å². The normalized spacial score (nSPS) is 12.2. The zero-order valence-corrected chi connectivity index (χ0v) is 10.9. The Morgan fingerprint density at radius 1 is 1.39 bits per heavy atom. The number of nitrogens with zero attached hydrogens (tertiary/aromatic N) is 2. The van der Waals surface area contributed by atoms with Crippen molar-refractivity contribution in [3.8, 4) is 0 Å². The van der Waals surface area contributed by atoms with Gasteiger partial charge in [-0.1, -0.05) is 12.1 Å². The lowest BCUT2D eigenvalue weighted by atomic mass is 10.1. The van der Waals surface area contributed by atoms with Crippen molar-refractivity contribution >= 4 is 17.4 Å². The maximum absolute atomic E-state index is 13.1. The van der Waals surface area contributed by atoms with E-state index in [1.165, 1.54) is 12.1 Å². The van der Waals surface area contributed by atoms with E-state index in [2.05, 4.69) is 15.3 Å². The summed E-state index contributed by atoms with van der Waals surface area (Å²) in [4.78, 5) is 8.00. The lowest BCUT2D eigenvalue weighted by molar-refractivity contribution is 0.623. The van der Waals surface area contributed by atoms with Crippen molar-refractivity contribution in [2.24, 2.45) is 0 Å². The second-order valence-corrected chi connectivity index (χ2v) is 4.43. The minimum absolute atomic E-state index is 0.0645. The molecule has 1 atom stereocenters. The molecular weight excluding hydrogens is 253 g/mol. The molecule has 1 heterocycles. The third-order valence-electron chi connectivity index (χ3n) is 2.64. The highest BCUT2D eigenvalue weighted by Crippen LogP contribution is 2.21. The maximum atomic E-state index is 13.1. The van der Waals surface area contributed by atoms with Gasteiger partial charge >= 0.3 is 0 Å². The van der Waals surface area contributed by atoms with Crippen molar-refractivity contribution in [2.45, 2.75) is 19.9 Å². The van der Waals surface area contributed by atoms with Gasteiger partial charge in [-0.05, 0) is 43.1 Å². The lowest BCUT2D eigenvalue weighted by Gasteiger charge is -2.16. The molecule has 0 aliphatic heterocycles. The number of hydrogen-bond donors (Lipinski definition) is 1. The number of rotatable bonds is 3. The minimum Gasteiger partial charge on any atom is -0.363 e. The van der Waals surface area contributed by atoms with Crippen LogP contribution in [0.1, 0.15) is 24.1 Å². The van der Waals surface area contributed by atoms with Gasteiger partial charge < -0.3 is 5.32 Å². The number of anilines is 1. The molecular formula is C13H13ClFN3. The van der Waals surface area contributed by atoms with E-state index >= 15 is 0 Å². The average molecular weight is 266 g/mol. The summed E-state index contributed by atoms with van der Waals surface area (Å²) in [6.07, 6.45) is 1.65. The molecule has 0 saturated heterocycles. The van der Waals surface area contributed by atoms with Gasteiger partial charge in [-0.25, -0.2) is 14.4 Å². The molecule has 0 bridgehead atoms. The van der Waals surface area contributed by atoms with E-state index in [4.69, 9.17) is 11.6 Å². The summed E-state index contributed by atoms with van der Waals surface area (Å²) in [5, 5.41) is 3.38. The van der Waals surface area contributed by atoms with Crippen LogP contribution in [0.4, 0.5) is 10.2 Å². The van der Waals surface area contributed by atoms with E-state index < -0.39 is 0 Å². The molecule has 3 nitrogen and oxygen atoms in total. The molecule has 18 heavy (non-hydrogen) atoms. The smallest absolute Gasteiger partial charge is 0.224 e. The van der Waals surface area contributed by atoms with Crippen molar-refractivity contribution in [2.75, 3.05) is 5.32 Å². The van der Waals surface area contributed by atoms with Gasteiger partial charge in [0.05, 0.1) is 6.04 Å². The molecule has 1 aromatic carbocycles. The Morgan fingerprint density at radius 3 is 2.89 bits per heavy atom. The first kappa shape index (κ1) is 12.8. The van der Waals surface area contributed by atoms with Crippen LogP contribution in [-0.2, 0) is 0 Å². The first-order valence-corrected chi connectivity index (χ1v) is 5.95. The van der Waals surface area contributed by atoms with Gasteiger partial charge in [0.1, 0.15) is 11.6 Å². The number of nitrogens with one attached hydrogen (secondary N) is 1. The summed E-state index contributed by atoms with van der Waals surface area (Å²) in [5.74, 6) is 0.408. The van der Waals surface area contributed by atoms with Gasteiger partial charge in [0.2, 0.25) is 5.28 Å². The Hall–Kier alpha value is -1.68. The van der Waals surface area contributed by atoms with E-state index in [0.717, 1.165) is 11.1 Å². The van der Waals surface area contributed by atoms with E-state index in [1.54, 1.807) is 12.3 Å². The second-order valence-electron chi connectivity index (χ2n) is 4.09. The van der Waals surface area contributed by atoms with Crippen LogP contribution < -0.4 is 5.32 Å². The second kappa shape index (κ2) is 5.31. The third kappa shape index (κ3) is 2.96. The monoisotopic (exact) mass is 265 g/mol. The number of benzene rings is 1. The summed E-state index contributed by atoms with van der Waals surface area (Å²) < 4.78 is 13.1. The zero-order valence-electron chi connectivity index (χ0n) is 10.1. The molecule has 94 valence electrons. The van der Waals surface area contributed by atoms with Gasteiger partial charge in [-0.3, -0.25) is 0 Å². The number of aryl methyl sites for hydroxylation is 1. The van der Waals surface area contributed by atoms with E-state index in [9.17, 15) is 4.39 Å². The molecule has 2 rings (SSSR count). The summed E-state index contributed by atoms with van der Waals surface area (Å²) in [6, 6.07) is 6.39. The molecule has 1 N–H and O–H groups in total. The van der Waals surface area contributed by atoms with Gasteiger partial charge in [0.15, 0.2) is 0 Å². The third-order valence-corrected chi connectivity index (χ3v) is 2.83. The van der Waals surface area contributed by atoms with Crippen LogP contribution >= 0.6 is 11.6 Å². The predicted molar refractivity (Wildman–Crippen MR) is 70.2 cm³/mol. The molecule has 0 fully saturated rings. The summed E-state index contributed by atoms with van der Waals surface area (Å²) >= 11 is 5.75. The van der Waals surface area contributed by atoms with Crippen molar-refractivity contribution in [1.29, 1.82) is 0 Å². The van der Waals surface area contributed by atoms with Gasteiger partial charge in [-0.15, -0.1) is 0 Å². The van der Waals surface area contributed by atoms with Crippen LogP contribution in [0, 0.1) is 12.7 Å². The lowest BCUT2D eigenvalue weighted by Crippen LogP contribution is -2.09. The zero-order chi connectivity index (χ0) is 13.1. The molecule has 1 aromatic heterocycles. The molecule has 0 aliphatic rings. The summed E-state index contributed by atoms with van der Waals surface area (Å²) in [6.45, 7) is 3.82. The van der Waals surface area contributed by atoms with Crippen molar-refractivity contribution < 1.29 is 4.39 Å². The standard InChI is InChI=1S/C13H13ClFN3/c1-8-7-16-13(14)18-12(8)17-9(2)10-4-3-5-11(15)6-10/h3-7,9H,1-2H3,(H,16,17,18). The molecule has 0 saturated carbocycles. The van der Waals surface area contributed by atoms with Crippen LogP contribution in [0.25, 0.3) is 0 Å². The van der Waals surface area contributed by atoms with Crippen LogP contribution in [0.3, 0.4) is 0 Å². The Kier molecular flexibility index (Phi) is 3.77. The molecule has 5 heteroatoms. The molecule has 0 aliphatic carbocycles. The molecule has 0 spiro atoms. The SMILES string of the molecule is Cc1cnc(Cl)nc1NC(C)c1cccc(F)c1. The van der Waals surface area contributed by atoms with Crippen LogP contribution in [-0.4, -0.2) is 9.97 Å². The molecule has 0 amide bonds. The van der Waals surface area contributed by atoms with Crippen molar-refractivity contribution in [1.82, 2.24) is 9.97 Å². The van der Waals surface area contributed by atoms with E-state index in [1.807, 2.05) is 19.9 Å². The molecule has 1 unspecified atom stereocenters. The highest BCUT2D eigenvalue weighted by Gasteiger charge is 2.09. The number of aromatic nitrogens is 2. The minimum atomic E-state index is -0.251. The first-order valence-electron chi connectivity index (χ1n) is 5.57. The van der Waals surface area contributed by atoms with Crippen LogP contribution in [0.5, 0.6) is 0 Å². The Bertz CT molecular complexity index is 560. The van der Waals surface area contributed by atoms with Crippen LogP contribution in [0.15, 0.2) is 30.5 Å². The van der Waals surface area contributed by atoms with Crippen molar-refractivity contribution in [3.63, 3.8) is 0 Å². The Labute approximate surface area is 110 Å². The van der Waals surface area contributed by atoms with Crippen molar-refractivity contribution in [3.05, 3.63) is 52.7 Å². The highest BCUT2D eigenvalue weighted by molar-refractivity contribution is 6.28. The van der Waals surface area contributed by atoms with Crippen LogP contribution in [0.2, 0.25) is 5.28 Å². The summed E-state index contributed by atoms with van der Waals surface area (Å²) in [7, 11) is 0. The molecule has 0 radical (unpaired) electrons.